The second-order valence-electron chi connectivity index (χ2n) is 4.43. The van der Waals surface area contributed by atoms with Gasteiger partial charge >= 0.3 is 11.9 Å². The number of esters is 1. The fourth-order valence-electron chi connectivity index (χ4n) is 1.51. The zero-order chi connectivity index (χ0) is 12.8. The van der Waals surface area contributed by atoms with Crippen LogP contribution in [0.1, 0.15) is 47.0 Å². The lowest BCUT2D eigenvalue weighted by Gasteiger charge is -2.27. The number of carboxylic acids is 1. The second-order valence-corrected chi connectivity index (χ2v) is 4.43. The molecule has 0 spiro atoms. The first-order valence-electron chi connectivity index (χ1n) is 5.30. The van der Waals surface area contributed by atoms with Gasteiger partial charge in [-0.2, -0.15) is 0 Å². The van der Waals surface area contributed by atoms with Crippen molar-refractivity contribution in [2.24, 2.45) is 0 Å². The lowest BCUT2D eigenvalue weighted by Crippen LogP contribution is -2.33. The molecule has 0 saturated heterocycles. The average Bonchev–Trinajstić information content (AvgIpc) is 1.98. The van der Waals surface area contributed by atoms with Crippen molar-refractivity contribution in [3.8, 4) is 0 Å². The molecule has 0 radical (unpaired) electrons. The third kappa shape index (κ3) is 7.04. The quantitative estimate of drug-likeness (QED) is 0.560. The van der Waals surface area contributed by atoms with Gasteiger partial charge in [0.15, 0.2) is 0 Å². The van der Waals surface area contributed by atoms with Crippen molar-refractivity contribution in [2.75, 3.05) is 0 Å². The molecular weight excluding hydrogens is 208 g/mol. The van der Waals surface area contributed by atoms with Crippen molar-refractivity contribution in [3.05, 3.63) is 11.6 Å². The van der Waals surface area contributed by atoms with Gasteiger partial charge in [-0.05, 0) is 33.6 Å². The van der Waals surface area contributed by atoms with E-state index in [4.69, 9.17) is 9.84 Å². The topological polar surface area (TPSA) is 63.6 Å². The molecule has 0 aliphatic carbocycles. The maximum absolute atomic E-state index is 10.9. The summed E-state index contributed by atoms with van der Waals surface area (Å²) in [6, 6.07) is 0. The van der Waals surface area contributed by atoms with Crippen molar-refractivity contribution in [2.45, 2.75) is 52.6 Å². The van der Waals surface area contributed by atoms with Gasteiger partial charge in [0.2, 0.25) is 0 Å². The third-order valence-electron chi connectivity index (χ3n) is 2.14. The molecule has 0 aliphatic rings. The SMILES string of the molecule is CC(=O)O[C@@](C)(CCC=C(C)C)CC(=O)O. The van der Waals surface area contributed by atoms with Gasteiger partial charge in [-0.3, -0.25) is 9.59 Å². The first kappa shape index (κ1) is 14.7. The van der Waals surface area contributed by atoms with Crippen LogP contribution in [0.3, 0.4) is 0 Å². The zero-order valence-corrected chi connectivity index (χ0v) is 10.4. The average molecular weight is 228 g/mol. The van der Waals surface area contributed by atoms with Crippen LogP contribution >= 0.6 is 0 Å². The first-order valence-corrected chi connectivity index (χ1v) is 5.30. The maximum atomic E-state index is 10.9. The monoisotopic (exact) mass is 228 g/mol. The van der Waals surface area contributed by atoms with E-state index in [1.807, 2.05) is 19.9 Å². The highest BCUT2D eigenvalue weighted by Gasteiger charge is 2.29. The predicted molar refractivity (Wildman–Crippen MR) is 61.1 cm³/mol. The molecule has 0 saturated carbocycles. The molecule has 0 aromatic carbocycles. The van der Waals surface area contributed by atoms with E-state index in [1.54, 1.807) is 6.92 Å². The van der Waals surface area contributed by atoms with Crippen LogP contribution in [-0.2, 0) is 14.3 Å². The minimum atomic E-state index is -0.957. The van der Waals surface area contributed by atoms with Crippen molar-refractivity contribution in [3.63, 3.8) is 0 Å². The number of ether oxygens (including phenoxy) is 1. The lowest BCUT2D eigenvalue weighted by atomic mass is 9.95. The molecule has 0 heterocycles. The summed E-state index contributed by atoms with van der Waals surface area (Å²) >= 11 is 0. The number of hydrogen-bond donors (Lipinski definition) is 1. The fraction of sp³-hybridized carbons (Fsp3) is 0.667. The van der Waals surface area contributed by atoms with Gasteiger partial charge in [0.25, 0.3) is 0 Å². The van der Waals surface area contributed by atoms with E-state index in [2.05, 4.69) is 0 Å². The Kier molecular flexibility index (Phi) is 5.78. The summed E-state index contributed by atoms with van der Waals surface area (Å²) in [5.74, 6) is -1.40. The minimum absolute atomic E-state index is 0.164. The lowest BCUT2D eigenvalue weighted by molar-refractivity contribution is -0.161. The Labute approximate surface area is 96.3 Å². The summed E-state index contributed by atoms with van der Waals surface area (Å²) < 4.78 is 5.08. The number of carbonyl (C=O) groups excluding carboxylic acids is 1. The molecule has 1 N–H and O–H groups in total. The van der Waals surface area contributed by atoms with Gasteiger partial charge in [0, 0.05) is 6.92 Å². The van der Waals surface area contributed by atoms with E-state index in [1.165, 1.54) is 12.5 Å². The summed E-state index contributed by atoms with van der Waals surface area (Å²) in [4.78, 5) is 21.6. The molecule has 1 atom stereocenters. The molecule has 0 aromatic rings. The van der Waals surface area contributed by atoms with Gasteiger partial charge < -0.3 is 9.84 Å². The van der Waals surface area contributed by atoms with Crippen LogP contribution in [0.5, 0.6) is 0 Å². The number of rotatable bonds is 6. The number of carboxylic acid groups (broad SMARTS) is 1. The smallest absolute Gasteiger partial charge is 0.307 e. The highest BCUT2D eigenvalue weighted by Crippen LogP contribution is 2.23. The summed E-state index contributed by atoms with van der Waals surface area (Å²) in [5.41, 5.74) is 0.254. The number of allylic oxidation sites excluding steroid dienone is 2. The normalized spacial score (nSPS) is 13.8. The largest absolute Gasteiger partial charge is 0.481 e. The molecule has 0 bridgehead atoms. The Morgan fingerprint density at radius 3 is 2.25 bits per heavy atom. The van der Waals surface area contributed by atoms with Crippen LogP contribution in [-0.4, -0.2) is 22.6 Å². The number of aliphatic carboxylic acids is 1. The Morgan fingerprint density at radius 2 is 1.88 bits per heavy atom. The molecule has 4 heteroatoms. The molecular formula is C12H20O4. The van der Waals surface area contributed by atoms with E-state index >= 15 is 0 Å². The van der Waals surface area contributed by atoms with E-state index in [9.17, 15) is 9.59 Å². The van der Waals surface area contributed by atoms with Crippen molar-refractivity contribution < 1.29 is 19.4 Å². The summed E-state index contributed by atoms with van der Waals surface area (Å²) in [6.45, 7) is 6.89. The van der Waals surface area contributed by atoms with Gasteiger partial charge in [-0.1, -0.05) is 11.6 Å². The predicted octanol–water partition coefficient (Wildman–Crippen LogP) is 2.53. The molecule has 0 fully saturated rings. The van der Waals surface area contributed by atoms with Crippen molar-refractivity contribution >= 4 is 11.9 Å². The Morgan fingerprint density at radius 1 is 1.31 bits per heavy atom. The molecule has 0 aliphatic heterocycles. The molecule has 0 aromatic heterocycles. The molecule has 0 amide bonds. The highest BCUT2D eigenvalue weighted by molar-refractivity contribution is 5.70. The molecule has 4 nitrogen and oxygen atoms in total. The van der Waals surface area contributed by atoms with Crippen LogP contribution in [0.4, 0.5) is 0 Å². The molecule has 92 valence electrons. The van der Waals surface area contributed by atoms with E-state index in [0.29, 0.717) is 12.8 Å². The Hall–Kier alpha value is -1.32. The van der Waals surface area contributed by atoms with Crippen LogP contribution in [0.2, 0.25) is 0 Å². The maximum Gasteiger partial charge on any atom is 0.307 e. The van der Waals surface area contributed by atoms with Gasteiger partial charge in [0.1, 0.15) is 5.60 Å². The van der Waals surface area contributed by atoms with Crippen LogP contribution in [0.15, 0.2) is 11.6 Å². The van der Waals surface area contributed by atoms with Gasteiger partial charge in [-0.25, -0.2) is 0 Å². The summed E-state index contributed by atoms with van der Waals surface area (Å²) in [6.07, 6.45) is 3.07. The standard InChI is InChI=1S/C12H20O4/c1-9(2)6-5-7-12(4,8-11(14)15)16-10(3)13/h6H,5,7-8H2,1-4H3,(H,14,15)/t12-/m0/s1. The van der Waals surface area contributed by atoms with Crippen molar-refractivity contribution in [1.29, 1.82) is 0 Å². The van der Waals surface area contributed by atoms with Gasteiger partial charge in [0.05, 0.1) is 6.42 Å². The zero-order valence-electron chi connectivity index (χ0n) is 10.4. The van der Waals surface area contributed by atoms with E-state index in [-0.39, 0.29) is 6.42 Å². The van der Waals surface area contributed by atoms with Crippen LogP contribution in [0, 0.1) is 0 Å². The van der Waals surface area contributed by atoms with Gasteiger partial charge in [-0.15, -0.1) is 0 Å². The van der Waals surface area contributed by atoms with E-state index in [0.717, 1.165) is 0 Å². The van der Waals surface area contributed by atoms with Crippen molar-refractivity contribution in [1.82, 2.24) is 0 Å². The third-order valence-corrected chi connectivity index (χ3v) is 2.14. The molecule has 0 rings (SSSR count). The number of carbonyl (C=O) groups is 2. The van der Waals surface area contributed by atoms with E-state index < -0.39 is 17.5 Å². The number of hydrogen-bond acceptors (Lipinski definition) is 3. The Bertz CT molecular complexity index is 271. The van der Waals surface area contributed by atoms with Crippen LogP contribution in [0.25, 0.3) is 0 Å². The summed E-state index contributed by atoms with van der Waals surface area (Å²) in [5, 5.41) is 8.76. The summed E-state index contributed by atoms with van der Waals surface area (Å²) in [7, 11) is 0. The molecule has 16 heavy (non-hydrogen) atoms. The Balaban J connectivity index is 4.46. The molecule has 0 unspecified atom stereocenters. The first-order chi connectivity index (χ1) is 7.25. The highest BCUT2D eigenvalue weighted by atomic mass is 16.6. The minimum Gasteiger partial charge on any atom is -0.481 e. The fourth-order valence-corrected chi connectivity index (χ4v) is 1.51. The second kappa shape index (κ2) is 6.30. The van der Waals surface area contributed by atoms with Crippen LogP contribution < -0.4 is 0 Å².